The third-order valence-corrected chi connectivity index (χ3v) is 4.34. The van der Waals surface area contributed by atoms with E-state index in [0.717, 1.165) is 16.5 Å². The molecule has 4 aromatic rings. The number of oxime groups is 1. The Morgan fingerprint density at radius 1 is 1.00 bits per heavy atom. The number of aromatic nitrogens is 2. The van der Waals surface area contributed by atoms with Crippen LogP contribution in [0, 0.1) is 5.82 Å². The molecule has 0 amide bonds. The van der Waals surface area contributed by atoms with E-state index in [2.05, 4.69) is 28.3 Å². The summed E-state index contributed by atoms with van der Waals surface area (Å²) in [6, 6.07) is 20.5. The molecule has 0 bridgehead atoms. The standard InChI is InChI=1S/C22H18FN3O/c23-20-10-8-18(9-11-20)22(14-26-13-12-24-16-26)25-27-15-19-6-3-5-17-4-1-2-7-21(17)19/h1-13,16H,14-15H2/b25-22-. The molecule has 4 rings (SSSR count). The van der Waals surface area contributed by atoms with Crippen LogP contribution in [0.2, 0.25) is 0 Å². The average molecular weight is 359 g/mol. The zero-order chi connectivity index (χ0) is 18.5. The van der Waals surface area contributed by atoms with E-state index in [1.807, 2.05) is 35.0 Å². The summed E-state index contributed by atoms with van der Waals surface area (Å²) in [6.07, 6.45) is 5.27. The Hall–Kier alpha value is -3.47. The first kappa shape index (κ1) is 17.0. The topological polar surface area (TPSA) is 39.4 Å². The van der Waals surface area contributed by atoms with Gasteiger partial charge in [-0.2, -0.15) is 0 Å². The first-order valence-electron chi connectivity index (χ1n) is 8.67. The van der Waals surface area contributed by atoms with E-state index in [0.29, 0.717) is 18.9 Å². The van der Waals surface area contributed by atoms with Crippen LogP contribution in [0.4, 0.5) is 4.39 Å². The number of halogens is 1. The second kappa shape index (κ2) is 7.83. The van der Waals surface area contributed by atoms with E-state index in [-0.39, 0.29) is 5.82 Å². The fourth-order valence-electron chi connectivity index (χ4n) is 2.97. The molecule has 0 radical (unpaired) electrons. The molecule has 134 valence electrons. The highest BCUT2D eigenvalue weighted by atomic mass is 19.1. The summed E-state index contributed by atoms with van der Waals surface area (Å²) < 4.78 is 15.2. The fraction of sp³-hybridized carbons (Fsp3) is 0.0909. The molecule has 0 aliphatic heterocycles. The molecular weight excluding hydrogens is 341 g/mol. The molecule has 4 nitrogen and oxygen atoms in total. The number of imidazole rings is 1. The van der Waals surface area contributed by atoms with Gasteiger partial charge in [-0.15, -0.1) is 0 Å². The normalized spacial score (nSPS) is 11.7. The van der Waals surface area contributed by atoms with Crippen LogP contribution in [0.1, 0.15) is 11.1 Å². The average Bonchev–Trinajstić information content (AvgIpc) is 3.21. The van der Waals surface area contributed by atoms with Gasteiger partial charge in [0.1, 0.15) is 18.1 Å². The summed E-state index contributed by atoms with van der Waals surface area (Å²) >= 11 is 0. The minimum atomic E-state index is -0.280. The van der Waals surface area contributed by atoms with Gasteiger partial charge in [0.15, 0.2) is 0 Å². The predicted molar refractivity (Wildman–Crippen MR) is 104 cm³/mol. The molecule has 0 N–H and O–H groups in total. The van der Waals surface area contributed by atoms with Gasteiger partial charge in [0, 0.05) is 18.0 Å². The van der Waals surface area contributed by atoms with Gasteiger partial charge >= 0.3 is 0 Å². The summed E-state index contributed by atoms with van der Waals surface area (Å²) in [5.74, 6) is -0.280. The van der Waals surface area contributed by atoms with Crippen molar-refractivity contribution in [3.63, 3.8) is 0 Å². The van der Waals surface area contributed by atoms with Crippen molar-refractivity contribution in [2.45, 2.75) is 13.2 Å². The van der Waals surface area contributed by atoms with E-state index in [1.165, 1.54) is 17.5 Å². The Morgan fingerprint density at radius 3 is 2.63 bits per heavy atom. The minimum absolute atomic E-state index is 0.280. The van der Waals surface area contributed by atoms with Gasteiger partial charge in [-0.25, -0.2) is 9.37 Å². The lowest BCUT2D eigenvalue weighted by Crippen LogP contribution is -2.11. The van der Waals surface area contributed by atoms with Gasteiger partial charge in [-0.05, 0) is 28.5 Å². The zero-order valence-corrected chi connectivity index (χ0v) is 14.6. The fourth-order valence-corrected chi connectivity index (χ4v) is 2.97. The molecule has 0 spiro atoms. The Bertz CT molecular complexity index is 1050. The molecule has 0 aliphatic carbocycles. The maximum absolute atomic E-state index is 13.3. The third kappa shape index (κ3) is 4.03. The number of nitrogens with zero attached hydrogens (tertiary/aromatic N) is 3. The zero-order valence-electron chi connectivity index (χ0n) is 14.6. The Balaban J connectivity index is 1.57. The van der Waals surface area contributed by atoms with Crippen molar-refractivity contribution in [2.24, 2.45) is 5.16 Å². The predicted octanol–water partition coefficient (Wildman–Crippen LogP) is 4.80. The highest BCUT2D eigenvalue weighted by Gasteiger charge is 2.07. The Morgan fingerprint density at radius 2 is 1.81 bits per heavy atom. The SMILES string of the molecule is Fc1ccc(/C(Cn2ccnc2)=N\OCc2cccc3ccccc23)cc1. The summed E-state index contributed by atoms with van der Waals surface area (Å²) in [7, 11) is 0. The number of benzene rings is 3. The second-order valence-corrected chi connectivity index (χ2v) is 6.19. The third-order valence-electron chi connectivity index (χ3n) is 4.34. The van der Waals surface area contributed by atoms with Crippen LogP contribution >= 0.6 is 0 Å². The molecule has 3 aromatic carbocycles. The summed E-state index contributed by atoms with van der Waals surface area (Å²) in [5, 5.41) is 6.66. The minimum Gasteiger partial charge on any atom is -0.391 e. The van der Waals surface area contributed by atoms with Crippen LogP contribution in [0.3, 0.4) is 0 Å². The summed E-state index contributed by atoms with van der Waals surface area (Å²) in [4.78, 5) is 9.74. The maximum atomic E-state index is 13.3. The smallest absolute Gasteiger partial charge is 0.142 e. The Kier molecular flexibility index (Phi) is 4.92. The molecule has 0 saturated heterocycles. The van der Waals surface area contributed by atoms with E-state index < -0.39 is 0 Å². The first-order chi connectivity index (χ1) is 13.3. The van der Waals surface area contributed by atoms with Crippen molar-refractivity contribution in [3.05, 3.63) is 102 Å². The van der Waals surface area contributed by atoms with Gasteiger partial charge in [0.2, 0.25) is 0 Å². The van der Waals surface area contributed by atoms with Crippen molar-refractivity contribution >= 4 is 16.5 Å². The van der Waals surface area contributed by atoms with Crippen LogP contribution in [0.5, 0.6) is 0 Å². The number of hydrogen-bond acceptors (Lipinski definition) is 3. The quantitative estimate of drug-likeness (QED) is 0.367. The van der Waals surface area contributed by atoms with Gasteiger partial charge < -0.3 is 9.40 Å². The second-order valence-electron chi connectivity index (χ2n) is 6.19. The monoisotopic (exact) mass is 359 g/mol. The highest BCUT2D eigenvalue weighted by Crippen LogP contribution is 2.19. The van der Waals surface area contributed by atoms with Crippen LogP contribution in [-0.2, 0) is 18.0 Å². The van der Waals surface area contributed by atoms with Gasteiger partial charge in [-0.3, -0.25) is 0 Å². The van der Waals surface area contributed by atoms with Crippen molar-refractivity contribution < 1.29 is 9.23 Å². The van der Waals surface area contributed by atoms with Gasteiger partial charge in [0.05, 0.1) is 12.9 Å². The summed E-state index contributed by atoms with van der Waals surface area (Å²) in [6.45, 7) is 0.844. The molecule has 5 heteroatoms. The lowest BCUT2D eigenvalue weighted by molar-refractivity contribution is 0.131. The number of fused-ring (bicyclic) bond motifs is 1. The Labute approximate surface area is 156 Å². The van der Waals surface area contributed by atoms with Gasteiger partial charge in [-0.1, -0.05) is 59.8 Å². The van der Waals surface area contributed by atoms with Crippen LogP contribution in [0.15, 0.2) is 90.6 Å². The highest BCUT2D eigenvalue weighted by molar-refractivity contribution is 6.00. The van der Waals surface area contributed by atoms with E-state index >= 15 is 0 Å². The number of rotatable bonds is 6. The molecule has 1 aromatic heterocycles. The largest absolute Gasteiger partial charge is 0.391 e. The molecule has 27 heavy (non-hydrogen) atoms. The lowest BCUT2D eigenvalue weighted by Gasteiger charge is -2.09. The van der Waals surface area contributed by atoms with Crippen molar-refractivity contribution in [3.8, 4) is 0 Å². The molecule has 1 heterocycles. The lowest BCUT2D eigenvalue weighted by atomic mass is 10.1. The summed E-state index contributed by atoms with van der Waals surface area (Å²) in [5.41, 5.74) is 2.58. The molecule has 0 saturated carbocycles. The van der Waals surface area contributed by atoms with E-state index in [1.54, 1.807) is 24.7 Å². The molecule has 0 aliphatic rings. The molecular formula is C22H18FN3O. The van der Waals surface area contributed by atoms with Crippen LogP contribution < -0.4 is 0 Å². The number of hydrogen-bond donors (Lipinski definition) is 0. The van der Waals surface area contributed by atoms with Crippen molar-refractivity contribution in [1.29, 1.82) is 0 Å². The van der Waals surface area contributed by atoms with Gasteiger partial charge in [0.25, 0.3) is 0 Å². The van der Waals surface area contributed by atoms with Crippen molar-refractivity contribution in [1.82, 2.24) is 9.55 Å². The van der Waals surface area contributed by atoms with Crippen LogP contribution in [0.25, 0.3) is 10.8 Å². The molecule has 0 unspecified atom stereocenters. The van der Waals surface area contributed by atoms with Crippen molar-refractivity contribution in [2.75, 3.05) is 0 Å². The van der Waals surface area contributed by atoms with Crippen LogP contribution in [-0.4, -0.2) is 15.3 Å². The maximum Gasteiger partial charge on any atom is 0.142 e. The molecule has 0 atom stereocenters. The van der Waals surface area contributed by atoms with E-state index in [9.17, 15) is 4.39 Å². The first-order valence-corrected chi connectivity index (χ1v) is 8.67. The van der Waals surface area contributed by atoms with E-state index in [4.69, 9.17) is 4.84 Å². The molecule has 0 fully saturated rings.